The minimum Gasteiger partial charge on any atom is -0.369 e. The zero-order valence-corrected chi connectivity index (χ0v) is 14.3. The highest BCUT2D eigenvalue weighted by atomic mass is 32.2. The van der Waals surface area contributed by atoms with Crippen LogP contribution in [0.5, 0.6) is 0 Å². The van der Waals surface area contributed by atoms with E-state index in [0.29, 0.717) is 18.0 Å². The first-order valence-corrected chi connectivity index (χ1v) is 9.72. The Morgan fingerprint density at radius 2 is 1.62 bits per heavy atom. The van der Waals surface area contributed by atoms with E-state index in [1.165, 1.54) is 5.69 Å². The molecule has 2 aromatic rings. The van der Waals surface area contributed by atoms with E-state index >= 15 is 0 Å². The molecule has 6 heteroatoms. The molecular formula is C18H21N3O2S. The Labute approximate surface area is 142 Å². The van der Waals surface area contributed by atoms with E-state index in [2.05, 4.69) is 16.3 Å². The third-order valence-electron chi connectivity index (χ3n) is 4.77. The van der Waals surface area contributed by atoms with E-state index in [4.69, 9.17) is 0 Å². The second-order valence-corrected chi connectivity index (χ2v) is 8.18. The van der Waals surface area contributed by atoms with Gasteiger partial charge in [-0.2, -0.15) is 4.31 Å². The molecule has 0 saturated carbocycles. The van der Waals surface area contributed by atoms with Gasteiger partial charge >= 0.3 is 0 Å². The van der Waals surface area contributed by atoms with E-state index in [0.717, 1.165) is 37.3 Å². The number of sulfonamides is 1. The molecule has 2 aliphatic rings. The van der Waals surface area contributed by atoms with Gasteiger partial charge in [0, 0.05) is 45.0 Å². The van der Waals surface area contributed by atoms with Crippen molar-refractivity contribution in [3.8, 4) is 0 Å². The zero-order valence-electron chi connectivity index (χ0n) is 13.5. The van der Waals surface area contributed by atoms with Crippen molar-refractivity contribution in [1.29, 1.82) is 0 Å². The van der Waals surface area contributed by atoms with E-state index < -0.39 is 10.0 Å². The summed E-state index contributed by atoms with van der Waals surface area (Å²) in [6, 6.07) is 14.9. The van der Waals surface area contributed by atoms with Crippen molar-refractivity contribution in [3.05, 3.63) is 59.7 Å². The minimum atomic E-state index is -3.45. The highest BCUT2D eigenvalue weighted by molar-refractivity contribution is 7.89. The van der Waals surface area contributed by atoms with Crippen molar-refractivity contribution in [2.24, 2.45) is 0 Å². The molecule has 0 amide bonds. The fraction of sp³-hybridized carbons (Fsp3) is 0.333. The second-order valence-electron chi connectivity index (χ2n) is 6.24. The molecule has 0 aromatic heterocycles. The molecule has 0 radical (unpaired) electrons. The fourth-order valence-electron chi connectivity index (χ4n) is 3.49. The number of rotatable bonds is 3. The molecule has 0 atom stereocenters. The van der Waals surface area contributed by atoms with Crippen molar-refractivity contribution in [2.75, 3.05) is 31.1 Å². The Morgan fingerprint density at radius 1 is 0.875 bits per heavy atom. The molecule has 2 aromatic carbocycles. The number of benzene rings is 2. The van der Waals surface area contributed by atoms with Crippen LogP contribution in [0.4, 0.5) is 5.69 Å². The van der Waals surface area contributed by atoms with Crippen molar-refractivity contribution in [2.45, 2.75) is 18.0 Å². The molecule has 1 fully saturated rings. The van der Waals surface area contributed by atoms with Crippen LogP contribution in [-0.4, -0.2) is 38.9 Å². The Balaban J connectivity index is 1.65. The minimum absolute atomic E-state index is 0.363. The van der Waals surface area contributed by atoms with Crippen LogP contribution in [0.15, 0.2) is 53.4 Å². The number of nitrogens with zero attached hydrogens (tertiary/aromatic N) is 2. The normalized spacial score (nSPS) is 18.6. The maximum Gasteiger partial charge on any atom is 0.243 e. The summed E-state index contributed by atoms with van der Waals surface area (Å²) in [5.74, 6) is 0. The molecule has 2 heterocycles. The van der Waals surface area contributed by atoms with Crippen LogP contribution in [0, 0.1) is 0 Å². The molecule has 1 N–H and O–H groups in total. The van der Waals surface area contributed by atoms with Crippen LogP contribution in [0.3, 0.4) is 0 Å². The van der Waals surface area contributed by atoms with Crippen molar-refractivity contribution >= 4 is 15.7 Å². The Kier molecular flexibility index (Phi) is 4.04. The molecule has 0 unspecified atom stereocenters. The van der Waals surface area contributed by atoms with Crippen LogP contribution in [0.1, 0.15) is 11.1 Å². The first-order valence-electron chi connectivity index (χ1n) is 8.28. The quantitative estimate of drug-likeness (QED) is 0.923. The number of fused-ring (bicyclic) bond motifs is 1. The van der Waals surface area contributed by atoms with Gasteiger partial charge in [0.05, 0.1) is 4.90 Å². The van der Waals surface area contributed by atoms with Crippen molar-refractivity contribution in [3.63, 3.8) is 0 Å². The number of anilines is 1. The van der Waals surface area contributed by atoms with Crippen LogP contribution in [-0.2, 0) is 23.1 Å². The lowest BCUT2D eigenvalue weighted by Gasteiger charge is -2.31. The largest absolute Gasteiger partial charge is 0.369 e. The third kappa shape index (κ3) is 2.70. The molecule has 0 spiro atoms. The molecule has 126 valence electrons. The summed E-state index contributed by atoms with van der Waals surface area (Å²) in [5.41, 5.74) is 3.45. The summed E-state index contributed by atoms with van der Waals surface area (Å²) in [7, 11) is -3.45. The predicted molar refractivity (Wildman–Crippen MR) is 94.4 cm³/mol. The highest BCUT2D eigenvalue weighted by Crippen LogP contribution is 2.34. The van der Waals surface area contributed by atoms with Gasteiger partial charge in [0.25, 0.3) is 0 Å². The Bertz CT molecular complexity index is 831. The summed E-state index contributed by atoms with van der Waals surface area (Å²) in [6.45, 7) is 4.76. The van der Waals surface area contributed by atoms with E-state index in [1.807, 2.05) is 18.2 Å². The number of hydrogen-bond donors (Lipinski definition) is 1. The molecule has 24 heavy (non-hydrogen) atoms. The third-order valence-corrected chi connectivity index (χ3v) is 6.57. The fourth-order valence-corrected chi connectivity index (χ4v) is 4.89. The van der Waals surface area contributed by atoms with Gasteiger partial charge in [-0.15, -0.1) is 0 Å². The van der Waals surface area contributed by atoms with Crippen LogP contribution in [0.2, 0.25) is 0 Å². The van der Waals surface area contributed by atoms with Crippen molar-refractivity contribution in [1.82, 2.24) is 9.62 Å². The van der Waals surface area contributed by atoms with Crippen molar-refractivity contribution < 1.29 is 8.42 Å². The van der Waals surface area contributed by atoms with Gasteiger partial charge in [-0.25, -0.2) is 8.42 Å². The Hall–Kier alpha value is -1.89. The van der Waals surface area contributed by atoms with E-state index in [-0.39, 0.29) is 0 Å². The number of nitrogens with one attached hydrogen (secondary N) is 1. The van der Waals surface area contributed by atoms with Gasteiger partial charge < -0.3 is 10.2 Å². The summed E-state index contributed by atoms with van der Waals surface area (Å²) < 4.78 is 27.4. The lowest BCUT2D eigenvalue weighted by atomic mass is 10.1. The molecule has 0 aliphatic carbocycles. The maximum atomic E-state index is 12.9. The molecule has 4 rings (SSSR count). The molecule has 1 saturated heterocycles. The molecule has 2 aliphatic heterocycles. The van der Waals surface area contributed by atoms with Gasteiger partial charge in [-0.1, -0.05) is 30.3 Å². The maximum absolute atomic E-state index is 12.9. The SMILES string of the molecule is O=S(=O)(c1ccccc1)N1Cc2cccc(N3CCNCC3)c2C1. The predicted octanol–water partition coefficient (Wildman–Crippen LogP) is 1.80. The zero-order chi connectivity index (χ0) is 16.6. The van der Waals surface area contributed by atoms with E-state index in [9.17, 15) is 8.42 Å². The Morgan fingerprint density at radius 3 is 2.38 bits per heavy atom. The highest BCUT2D eigenvalue weighted by Gasteiger charge is 2.32. The van der Waals surface area contributed by atoms with Crippen LogP contribution < -0.4 is 10.2 Å². The van der Waals surface area contributed by atoms with Gasteiger partial charge in [0.2, 0.25) is 10.0 Å². The smallest absolute Gasteiger partial charge is 0.243 e. The average Bonchev–Trinajstić information content (AvgIpc) is 3.08. The monoisotopic (exact) mass is 343 g/mol. The van der Waals surface area contributed by atoms with E-state index in [1.54, 1.807) is 28.6 Å². The van der Waals surface area contributed by atoms with Gasteiger partial charge in [0.1, 0.15) is 0 Å². The standard InChI is InChI=1S/C18H21N3O2S/c22-24(23,16-6-2-1-3-7-16)21-13-15-5-4-8-18(17(15)14-21)20-11-9-19-10-12-20/h1-8,19H,9-14H2. The lowest BCUT2D eigenvalue weighted by Crippen LogP contribution is -2.43. The van der Waals surface area contributed by atoms with Crippen LogP contribution in [0.25, 0.3) is 0 Å². The number of piperazine rings is 1. The van der Waals surface area contributed by atoms with Gasteiger partial charge in [-0.3, -0.25) is 0 Å². The average molecular weight is 343 g/mol. The molecule has 0 bridgehead atoms. The molecular weight excluding hydrogens is 322 g/mol. The lowest BCUT2D eigenvalue weighted by molar-refractivity contribution is 0.431. The first-order chi connectivity index (χ1) is 11.7. The van der Waals surface area contributed by atoms with Crippen LogP contribution >= 0.6 is 0 Å². The topological polar surface area (TPSA) is 52.7 Å². The molecule has 5 nitrogen and oxygen atoms in total. The first kappa shape index (κ1) is 15.6. The summed E-state index contributed by atoms with van der Waals surface area (Å²) in [6.07, 6.45) is 0. The summed E-state index contributed by atoms with van der Waals surface area (Å²) in [4.78, 5) is 2.72. The summed E-state index contributed by atoms with van der Waals surface area (Å²) in [5, 5.41) is 3.36. The summed E-state index contributed by atoms with van der Waals surface area (Å²) >= 11 is 0. The van der Waals surface area contributed by atoms with Gasteiger partial charge in [-0.05, 0) is 29.3 Å². The van der Waals surface area contributed by atoms with Gasteiger partial charge in [0.15, 0.2) is 0 Å². The number of hydrogen-bond acceptors (Lipinski definition) is 4. The second kappa shape index (κ2) is 6.20.